The van der Waals surface area contributed by atoms with E-state index in [1.165, 1.54) is 18.3 Å². The molecule has 0 unspecified atom stereocenters. The van der Waals surface area contributed by atoms with Crippen molar-refractivity contribution in [2.45, 2.75) is 26.5 Å². The summed E-state index contributed by atoms with van der Waals surface area (Å²) in [5.41, 5.74) is 1.23. The van der Waals surface area contributed by atoms with E-state index < -0.39 is 0 Å². The number of benzene rings is 1. The third-order valence-corrected chi connectivity index (χ3v) is 2.13. The minimum atomic E-state index is 0.618. The summed E-state index contributed by atoms with van der Waals surface area (Å²) in [6, 6.07) is 10.4. The van der Waals surface area contributed by atoms with Gasteiger partial charge in [0.05, 0.1) is 0 Å². The molecule has 0 saturated heterocycles. The molecule has 0 spiro atoms. The molecule has 2 heteroatoms. The molecule has 1 aromatic carbocycles. The summed E-state index contributed by atoms with van der Waals surface area (Å²) in [5, 5.41) is 3.48. The van der Waals surface area contributed by atoms with Gasteiger partial charge in [0.25, 0.3) is 6.85 Å². The summed E-state index contributed by atoms with van der Waals surface area (Å²) in [7, 11) is 0. The van der Waals surface area contributed by atoms with Gasteiger partial charge in [0.15, 0.2) is 0 Å². The van der Waals surface area contributed by atoms with Crippen LogP contribution in [0.2, 0.25) is 12.6 Å². The summed E-state index contributed by atoms with van der Waals surface area (Å²) >= 11 is 0. The first-order chi connectivity index (χ1) is 5.86. The van der Waals surface area contributed by atoms with Crippen molar-refractivity contribution in [1.29, 1.82) is 0 Å². The fourth-order valence-electron chi connectivity index (χ4n) is 1.26. The average molecular weight is 161 g/mol. The molecule has 1 aromatic rings. The molecule has 1 nitrogen and oxygen atoms in total. The van der Waals surface area contributed by atoms with Crippen molar-refractivity contribution >= 4 is 12.5 Å². The highest BCUT2D eigenvalue weighted by Crippen LogP contribution is 2.08. The zero-order valence-electron chi connectivity index (χ0n) is 7.88. The van der Waals surface area contributed by atoms with E-state index in [-0.39, 0.29) is 0 Å². The monoisotopic (exact) mass is 161 g/mol. The SMILES string of the molecule is CCB(CC)Nc1ccccc1. The predicted molar refractivity (Wildman–Crippen MR) is 56.8 cm³/mol. The second-order valence-electron chi connectivity index (χ2n) is 3.02. The molecule has 0 amide bonds. The summed E-state index contributed by atoms with van der Waals surface area (Å²) < 4.78 is 0. The first-order valence-electron chi connectivity index (χ1n) is 4.68. The molecule has 0 radical (unpaired) electrons. The van der Waals surface area contributed by atoms with E-state index in [1.54, 1.807) is 0 Å². The van der Waals surface area contributed by atoms with Gasteiger partial charge in [-0.05, 0) is 12.1 Å². The molecule has 0 aliphatic carbocycles. The second-order valence-corrected chi connectivity index (χ2v) is 3.02. The van der Waals surface area contributed by atoms with Crippen LogP contribution in [0.25, 0.3) is 0 Å². The first kappa shape index (κ1) is 9.18. The number of hydrogen-bond acceptors (Lipinski definition) is 1. The van der Waals surface area contributed by atoms with E-state index in [2.05, 4.69) is 43.3 Å². The molecule has 1 N–H and O–H groups in total. The van der Waals surface area contributed by atoms with Crippen molar-refractivity contribution in [2.75, 3.05) is 5.23 Å². The number of para-hydroxylation sites is 1. The molecule has 0 fully saturated rings. The lowest BCUT2D eigenvalue weighted by atomic mass is 9.57. The van der Waals surface area contributed by atoms with Crippen LogP contribution >= 0.6 is 0 Å². The van der Waals surface area contributed by atoms with Crippen LogP contribution in [0.15, 0.2) is 30.3 Å². The van der Waals surface area contributed by atoms with Crippen LogP contribution in [0.1, 0.15) is 13.8 Å². The van der Waals surface area contributed by atoms with Crippen molar-refractivity contribution in [3.05, 3.63) is 30.3 Å². The Kier molecular flexibility index (Phi) is 3.72. The summed E-state index contributed by atoms with van der Waals surface area (Å²) in [5.74, 6) is 0. The third-order valence-electron chi connectivity index (χ3n) is 2.13. The second kappa shape index (κ2) is 4.86. The van der Waals surface area contributed by atoms with Gasteiger partial charge in [0, 0.05) is 5.69 Å². The van der Waals surface area contributed by atoms with Gasteiger partial charge in [-0.1, -0.05) is 44.7 Å². The first-order valence-corrected chi connectivity index (χ1v) is 4.68. The molecule has 0 aliphatic rings. The van der Waals surface area contributed by atoms with Gasteiger partial charge >= 0.3 is 0 Å². The maximum atomic E-state index is 3.48. The lowest BCUT2D eigenvalue weighted by molar-refractivity contribution is 1.30. The minimum Gasteiger partial charge on any atom is -0.428 e. The van der Waals surface area contributed by atoms with Crippen molar-refractivity contribution < 1.29 is 0 Å². The van der Waals surface area contributed by atoms with Gasteiger partial charge in [0.2, 0.25) is 0 Å². The molecule has 64 valence electrons. The number of anilines is 1. The summed E-state index contributed by atoms with van der Waals surface area (Å²) in [6.45, 7) is 5.04. The van der Waals surface area contributed by atoms with E-state index in [0.717, 1.165) is 0 Å². The zero-order chi connectivity index (χ0) is 8.81. The molecule has 0 saturated carbocycles. The van der Waals surface area contributed by atoms with Crippen molar-refractivity contribution in [3.8, 4) is 0 Å². The highest BCUT2D eigenvalue weighted by molar-refractivity contribution is 6.62. The standard InChI is InChI=1S/C10H16BN/c1-3-11(4-2)12-10-8-6-5-7-9-10/h5-9,12H,3-4H2,1-2H3. The Morgan fingerprint density at radius 3 is 2.17 bits per heavy atom. The summed E-state index contributed by atoms with van der Waals surface area (Å²) in [6.07, 6.45) is 2.37. The molecule has 0 bridgehead atoms. The van der Waals surface area contributed by atoms with Crippen molar-refractivity contribution in [1.82, 2.24) is 0 Å². The Morgan fingerprint density at radius 2 is 1.67 bits per heavy atom. The van der Waals surface area contributed by atoms with Gasteiger partial charge in [0.1, 0.15) is 0 Å². The molecular formula is C10H16BN. The van der Waals surface area contributed by atoms with Crippen LogP contribution in [0.3, 0.4) is 0 Å². The third kappa shape index (κ3) is 2.61. The van der Waals surface area contributed by atoms with Crippen LogP contribution in [-0.2, 0) is 0 Å². The van der Waals surface area contributed by atoms with Crippen molar-refractivity contribution in [3.63, 3.8) is 0 Å². The number of rotatable bonds is 4. The quantitative estimate of drug-likeness (QED) is 0.669. The zero-order valence-corrected chi connectivity index (χ0v) is 7.88. The average Bonchev–Trinajstić information content (AvgIpc) is 2.16. The van der Waals surface area contributed by atoms with E-state index >= 15 is 0 Å². The Labute approximate surface area is 75.3 Å². The van der Waals surface area contributed by atoms with Crippen LogP contribution in [0.5, 0.6) is 0 Å². The van der Waals surface area contributed by atoms with Crippen LogP contribution in [-0.4, -0.2) is 6.85 Å². The van der Waals surface area contributed by atoms with Crippen LogP contribution in [0.4, 0.5) is 5.69 Å². The van der Waals surface area contributed by atoms with E-state index in [4.69, 9.17) is 0 Å². The molecule has 12 heavy (non-hydrogen) atoms. The van der Waals surface area contributed by atoms with E-state index in [0.29, 0.717) is 6.85 Å². The van der Waals surface area contributed by atoms with E-state index in [9.17, 15) is 0 Å². The Morgan fingerprint density at radius 1 is 1.08 bits per heavy atom. The molecule has 0 heterocycles. The molecule has 0 atom stereocenters. The van der Waals surface area contributed by atoms with Gasteiger partial charge in [-0.2, -0.15) is 0 Å². The molecule has 0 aliphatic heterocycles. The van der Waals surface area contributed by atoms with Crippen LogP contribution in [0, 0.1) is 0 Å². The minimum absolute atomic E-state index is 0.618. The molecule has 0 aromatic heterocycles. The normalized spacial score (nSPS) is 9.50. The fraction of sp³-hybridized carbons (Fsp3) is 0.400. The number of hydrogen-bond donors (Lipinski definition) is 1. The van der Waals surface area contributed by atoms with Crippen LogP contribution < -0.4 is 5.23 Å². The predicted octanol–water partition coefficient (Wildman–Crippen LogP) is 3.13. The lowest BCUT2D eigenvalue weighted by Gasteiger charge is -2.11. The Hall–Kier alpha value is -0.915. The largest absolute Gasteiger partial charge is 0.428 e. The van der Waals surface area contributed by atoms with E-state index in [1.807, 2.05) is 6.07 Å². The highest BCUT2D eigenvalue weighted by atomic mass is 14.8. The Bertz CT molecular complexity index is 206. The van der Waals surface area contributed by atoms with Crippen molar-refractivity contribution in [2.24, 2.45) is 0 Å². The fourth-order valence-corrected chi connectivity index (χ4v) is 1.26. The molecular weight excluding hydrogens is 145 g/mol. The van der Waals surface area contributed by atoms with Gasteiger partial charge in [-0.15, -0.1) is 0 Å². The maximum Gasteiger partial charge on any atom is 0.250 e. The highest BCUT2D eigenvalue weighted by Gasteiger charge is 2.07. The lowest BCUT2D eigenvalue weighted by Crippen LogP contribution is -2.21. The van der Waals surface area contributed by atoms with Gasteiger partial charge in [-0.3, -0.25) is 0 Å². The Balaban J connectivity index is 2.51. The topological polar surface area (TPSA) is 12.0 Å². The summed E-state index contributed by atoms with van der Waals surface area (Å²) in [4.78, 5) is 0. The van der Waals surface area contributed by atoms with Gasteiger partial charge in [-0.25, -0.2) is 0 Å². The maximum absolute atomic E-state index is 3.48. The number of nitrogens with one attached hydrogen (secondary N) is 1. The molecule has 1 rings (SSSR count). The smallest absolute Gasteiger partial charge is 0.250 e. The van der Waals surface area contributed by atoms with Gasteiger partial charge < -0.3 is 5.23 Å².